The summed E-state index contributed by atoms with van der Waals surface area (Å²) in [6.45, 7) is -2.61. The Balaban J connectivity index is 1.93. The third-order valence-corrected chi connectivity index (χ3v) is 3.56. The largest absolute Gasteiger partial charge is 0.451 e. The van der Waals surface area contributed by atoms with E-state index in [4.69, 9.17) is 4.74 Å². The highest BCUT2D eigenvalue weighted by Crippen LogP contribution is 2.25. The van der Waals surface area contributed by atoms with Crippen molar-refractivity contribution in [2.24, 2.45) is 0 Å². The lowest BCUT2D eigenvalue weighted by Crippen LogP contribution is -2.39. The molecular formula is C16H17F2N3O6. The van der Waals surface area contributed by atoms with Crippen LogP contribution < -0.4 is 10.1 Å². The normalized spacial score (nSPS) is 15.1. The van der Waals surface area contributed by atoms with E-state index >= 15 is 0 Å². The van der Waals surface area contributed by atoms with Gasteiger partial charge in [0.05, 0.1) is 5.69 Å². The molecule has 1 heterocycles. The molecule has 11 heteroatoms. The second-order valence-corrected chi connectivity index (χ2v) is 5.61. The highest BCUT2D eigenvalue weighted by atomic mass is 19.3. The number of amides is 4. The molecule has 1 aliphatic rings. The number of hydrogen-bond acceptors (Lipinski definition) is 6. The number of alkyl halides is 2. The number of imide groups is 1. The van der Waals surface area contributed by atoms with Crippen LogP contribution >= 0.6 is 0 Å². The van der Waals surface area contributed by atoms with E-state index in [-0.39, 0.29) is 18.0 Å². The predicted octanol–water partition coefficient (Wildman–Crippen LogP) is 1.05. The number of anilines is 1. The minimum absolute atomic E-state index is 0.0303. The minimum atomic E-state index is -3.08. The first-order chi connectivity index (χ1) is 12.7. The van der Waals surface area contributed by atoms with Crippen molar-refractivity contribution in [3.63, 3.8) is 0 Å². The second kappa shape index (κ2) is 8.43. The molecule has 0 aliphatic carbocycles. The maximum absolute atomic E-state index is 12.4. The van der Waals surface area contributed by atoms with Gasteiger partial charge in [0.15, 0.2) is 6.10 Å². The number of likely N-dealkylation sites (N-methyl/N-ethyl adjacent to an activating group) is 1. The monoisotopic (exact) mass is 385 g/mol. The first-order valence-electron chi connectivity index (χ1n) is 7.78. The van der Waals surface area contributed by atoms with Crippen LogP contribution in [0.1, 0.15) is 6.92 Å². The summed E-state index contributed by atoms with van der Waals surface area (Å²) in [7, 11) is 1.40. The van der Waals surface area contributed by atoms with Crippen molar-refractivity contribution in [3.8, 4) is 5.75 Å². The molecule has 1 aromatic rings. The fraction of sp³-hybridized carbons (Fsp3) is 0.375. The maximum atomic E-state index is 12.4. The number of carbonyl (C=O) groups is 4. The van der Waals surface area contributed by atoms with Crippen LogP contribution in [0.15, 0.2) is 24.3 Å². The lowest BCUT2D eigenvalue weighted by Gasteiger charge is -2.17. The average Bonchev–Trinajstić information content (AvgIpc) is 2.82. The quantitative estimate of drug-likeness (QED) is 0.556. The Morgan fingerprint density at radius 2 is 1.93 bits per heavy atom. The van der Waals surface area contributed by atoms with Gasteiger partial charge in [-0.1, -0.05) is 12.1 Å². The van der Waals surface area contributed by atoms with Crippen LogP contribution in [0.2, 0.25) is 0 Å². The van der Waals surface area contributed by atoms with Crippen molar-refractivity contribution in [2.75, 3.05) is 25.5 Å². The molecule has 1 N–H and O–H groups in total. The summed E-state index contributed by atoms with van der Waals surface area (Å²) in [5.41, 5.74) is -0.0303. The topological polar surface area (TPSA) is 105 Å². The van der Waals surface area contributed by atoms with Gasteiger partial charge in [0.2, 0.25) is 0 Å². The zero-order valence-electron chi connectivity index (χ0n) is 14.5. The molecule has 27 heavy (non-hydrogen) atoms. The lowest BCUT2D eigenvalue weighted by molar-refractivity contribution is -0.154. The molecule has 0 spiro atoms. The van der Waals surface area contributed by atoms with Crippen molar-refractivity contribution < 1.29 is 37.4 Å². The van der Waals surface area contributed by atoms with Gasteiger partial charge < -0.3 is 19.7 Å². The molecule has 0 unspecified atom stereocenters. The Kier molecular flexibility index (Phi) is 6.27. The van der Waals surface area contributed by atoms with Crippen LogP contribution in [0.3, 0.4) is 0 Å². The van der Waals surface area contributed by atoms with Gasteiger partial charge in [-0.05, 0) is 19.1 Å². The van der Waals surface area contributed by atoms with E-state index < -0.39 is 43.1 Å². The predicted molar refractivity (Wildman–Crippen MR) is 87.0 cm³/mol. The van der Waals surface area contributed by atoms with Gasteiger partial charge in [0, 0.05) is 7.05 Å². The highest BCUT2D eigenvalue weighted by Gasteiger charge is 2.35. The van der Waals surface area contributed by atoms with E-state index in [1.54, 1.807) is 0 Å². The van der Waals surface area contributed by atoms with Crippen molar-refractivity contribution in [1.82, 2.24) is 9.80 Å². The van der Waals surface area contributed by atoms with Crippen molar-refractivity contribution in [1.29, 1.82) is 0 Å². The number of carbonyl (C=O) groups excluding carboxylic acids is 4. The standard InChI is InChI=1S/C16H17F2N3O6/c1-9(26-13(23)8-21-12(22)7-20(2)16(21)25)14(24)19-10-5-3-4-6-11(10)27-15(17)18/h3-6,9,15H,7-8H2,1-2H3,(H,19,24)/t9-/m0/s1. The zero-order valence-corrected chi connectivity index (χ0v) is 14.5. The molecule has 9 nitrogen and oxygen atoms in total. The number of nitrogens with zero attached hydrogens (tertiary/aromatic N) is 2. The number of hydrogen-bond donors (Lipinski definition) is 1. The van der Waals surface area contributed by atoms with E-state index in [2.05, 4.69) is 10.1 Å². The van der Waals surface area contributed by atoms with E-state index in [1.165, 1.54) is 38.2 Å². The number of nitrogens with one attached hydrogen (secondary N) is 1. The molecule has 0 bridgehead atoms. The third-order valence-electron chi connectivity index (χ3n) is 3.56. The Morgan fingerprint density at radius 3 is 2.52 bits per heavy atom. The third kappa shape index (κ3) is 5.12. The smallest absolute Gasteiger partial charge is 0.387 e. The second-order valence-electron chi connectivity index (χ2n) is 5.61. The number of urea groups is 1. The number of para-hydroxylation sites is 2. The number of halogens is 2. The Labute approximate surface area is 152 Å². The summed E-state index contributed by atoms with van der Waals surface area (Å²) in [5, 5.41) is 2.31. The molecule has 146 valence electrons. The van der Waals surface area contributed by atoms with Crippen molar-refractivity contribution in [3.05, 3.63) is 24.3 Å². The van der Waals surface area contributed by atoms with Crippen LogP contribution in [0.4, 0.5) is 19.3 Å². The molecule has 4 amide bonds. The van der Waals surface area contributed by atoms with Gasteiger partial charge >= 0.3 is 18.6 Å². The Morgan fingerprint density at radius 1 is 1.26 bits per heavy atom. The summed E-state index contributed by atoms with van der Waals surface area (Å²) in [4.78, 5) is 49.2. The van der Waals surface area contributed by atoms with E-state index in [0.717, 1.165) is 4.90 Å². The summed E-state index contributed by atoms with van der Waals surface area (Å²) < 4.78 is 34.0. The Hall–Kier alpha value is -3.24. The first kappa shape index (κ1) is 20.1. The summed E-state index contributed by atoms with van der Waals surface area (Å²) in [6, 6.07) is 4.86. The first-order valence-corrected chi connectivity index (χ1v) is 7.78. The lowest BCUT2D eigenvalue weighted by atomic mass is 10.2. The van der Waals surface area contributed by atoms with Gasteiger partial charge in [-0.3, -0.25) is 19.3 Å². The minimum Gasteiger partial charge on any atom is -0.451 e. The maximum Gasteiger partial charge on any atom is 0.387 e. The van der Waals surface area contributed by atoms with E-state index in [1.807, 2.05) is 0 Å². The zero-order chi connectivity index (χ0) is 20.1. The van der Waals surface area contributed by atoms with E-state index in [9.17, 15) is 28.0 Å². The number of benzene rings is 1. The fourth-order valence-corrected chi connectivity index (χ4v) is 2.24. The summed E-state index contributed by atoms with van der Waals surface area (Å²) in [5.74, 6) is -2.58. The molecule has 1 aromatic carbocycles. The average molecular weight is 385 g/mol. The molecule has 0 radical (unpaired) electrons. The van der Waals surface area contributed by atoms with E-state index in [0.29, 0.717) is 4.90 Å². The van der Waals surface area contributed by atoms with Crippen LogP contribution in [0.5, 0.6) is 5.75 Å². The SMILES string of the molecule is C[C@H](OC(=O)CN1C(=O)CN(C)C1=O)C(=O)Nc1ccccc1OC(F)F. The van der Waals surface area contributed by atoms with Crippen LogP contribution in [0.25, 0.3) is 0 Å². The molecule has 2 rings (SSSR count). The number of rotatable bonds is 7. The molecule has 1 atom stereocenters. The van der Waals surface area contributed by atoms with Crippen molar-refractivity contribution in [2.45, 2.75) is 19.6 Å². The Bertz CT molecular complexity index is 757. The molecule has 1 aliphatic heterocycles. The van der Waals surface area contributed by atoms with Gasteiger partial charge in [-0.25, -0.2) is 4.79 Å². The molecule has 0 aromatic heterocycles. The summed E-state index contributed by atoms with van der Waals surface area (Å²) >= 11 is 0. The number of ether oxygens (including phenoxy) is 2. The van der Waals surface area contributed by atoms with Crippen LogP contribution in [0, 0.1) is 0 Å². The molecule has 1 saturated heterocycles. The van der Waals surface area contributed by atoms with Gasteiger partial charge in [0.1, 0.15) is 18.8 Å². The molecule has 0 saturated carbocycles. The van der Waals surface area contributed by atoms with Crippen LogP contribution in [-0.4, -0.2) is 66.5 Å². The van der Waals surface area contributed by atoms with Gasteiger partial charge in [-0.2, -0.15) is 8.78 Å². The summed E-state index contributed by atoms with van der Waals surface area (Å²) in [6.07, 6.45) is -1.30. The van der Waals surface area contributed by atoms with Crippen LogP contribution in [-0.2, 0) is 19.1 Å². The highest BCUT2D eigenvalue weighted by molar-refractivity contribution is 6.04. The van der Waals surface area contributed by atoms with Gasteiger partial charge in [-0.15, -0.1) is 0 Å². The molecular weight excluding hydrogens is 368 g/mol. The number of esters is 1. The van der Waals surface area contributed by atoms with Crippen molar-refractivity contribution >= 4 is 29.5 Å². The van der Waals surface area contributed by atoms with Gasteiger partial charge in [0.25, 0.3) is 11.8 Å². The molecule has 1 fully saturated rings. The fourth-order valence-electron chi connectivity index (χ4n) is 2.24.